The Hall–Kier alpha value is -3.14. The van der Waals surface area contributed by atoms with Crippen LogP contribution in [0.5, 0.6) is 0 Å². The molecular formula is C22H18BrN5. The van der Waals surface area contributed by atoms with Crippen molar-refractivity contribution < 1.29 is 0 Å². The van der Waals surface area contributed by atoms with Crippen molar-refractivity contribution in [1.29, 1.82) is 5.26 Å². The molecule has 28 heavy (non-hydrogen) atoms. The first kappa shape index (κ1) is 18.2. The smallest absolute Gasteiger partial charge is 0.145 e. The van der Waals surface area contributed by atoms with Crippen LogP contribution in [-0.4, -0.2) is 23.1 Å². The molecule has 0 radical (unpaired) electrons. The van der Waals surface area contributed by atoms with Gasteiger partial charge in [-0.2, -0.15) is 5.26 Å². The number of hydrogen-bond donors (Lipinski definition) is 3. The summed E-state index contributed by atoms with van der Waals surface area (Å²) in [5.74, 6) is 0.550. The summed E-state index contributed by atoms with van der Waals surface area (Å²) in [5.41, 5.74) is 10.8. The molecule has 0 atom stereocenters. The second-order valence-electron chi connectivity index (χ2n) is 6.36. The van der Waals surface area contributed by atoms with Gasteiger partial charge in [0.25, 0.3) is 0 Å². The van der Waals surface area contributed by atoms with Crippen molar-refractivity contribution in [3.05, 3.63) is 70.8 Å². The van der Waals surface area contributed by atoms with E-state index in [2.05, 4.69) is 38.4 Å². The Bertz CT molecular complexity index is 1170. The molecule has 138 valence electrons. The lowest BCUT2D eigenvalue weighted by Crippen LogP contribution is -2.15. The van der Waals surface area contributed by atoms with Crippen LogP contribution in [0.3, 0.4) is 0 Å². The molecule has 0 amide bonds. The predicted octanol–water partition coefficient (Wildman–Crippen LogP) is 4.90. The molecule has 0 spiro atoms. The lowest BCUT2D eigenvalue weighted by Gasteiger charge is -2.13. The lowest BCUT2D eigenvalue weighted by atomic mass is 9.98. The third kappa shape index (κ3) is 3.38. The van der Waals surface area contributed by atoms with Crippen LogP contribution < -0.4 is 11.1 Å². The number of aromatic amines is 1. The van der Waals surface area contributed by atoms with Crippen molar-refractivity contribution in [3.63, 3.8) is 0 Å². The zero-order chi connectivity index (χ0) is 19.5. The van der Waals surface area contributed by atoms with E-state index in [1.165, 1.54) is 0 Å². The molecule has 0 aliphatic carbocycles. The van der Waals surface area contributed by atoms with Gasteiger partial charge >= 0.3 is 0 Å². The zero-order valence-electron chi connectivity index (χ0n) is 15.0. The fourth-order valence-electron chi connectivity index (χ4n) is 3.26. The van der Waals surface area contributed by atoms with E-state index in [1.54, 1.807) is 0 Å². The second-order valence-corrected chi connectivity index (χ2v) is 7.28. The summed E-state index contributed by atoms with van der Waals surface area (Å²) in [7, 11) is 0. The van der Waals surface area contributed by atoms with Crippen LogP contribution in [0, 0.1) is 11.3 Å². The first-order chi connectivity index (χ1) is 13.7. The molecule has 2 aromatic heterocycles. The number of nitrogens with one attached hydrogen (secondary N) is 2. The summed E-state index contributed by atoms with van der Waals surface area (Å²) in [4.78, 5) is 8.05. The fraction of sp³-hybridized carbons (Fsp3) is 0.0909. The number of nitriles is 1. The van der Waals surface area contributed by atoms with Crippen LogP contribution >= 0.6 is 15.9 Å². The van der Waals surface area contributed by atoms with E-state index in [4.69, 9.17) is 10.7 Å². The van der Waals surface area contributed by atoms with Crippen molar-refractivity contribution in [3.8, 4) is 28.5 Å². The summed E-state index contributed by atoms with van der Waals surface area (Å²) in [5, 5.41) is 14.1. The topological polar surface area (TPSA) is 90.5 Å². The van der Waals surface area contributed by atoms with Gasteiger partial charge < -0.3 is 16.0 Å². The molecule has 0 aliphatic heterocycles. The van der Waals surface area contributed by atoms with Crippen LogP contribution in [0.2, 0.25) is 0 Å². The number of para-hydroxylation sites is 1. The zero-order valence-corrected chi connectivity index (χ0v) is 16.6. The highest BCUT2D eigenvalue weighted by Gasteiger charge is 2.17. The molecule has 0 unspecified atom stereocenters. The van der Waals surface area contributed by atoms with Gasteiger partial charge in [0.05, 0.1) is 5.69 Å². The minimum absolute atomic E-state index is 0.456. The number of benzene rings is 2. The van der Waals surface area contributed by atoms with Gasteiger partial charge in [-0.05, 0) is 29.8 Å². The number of hydrogen-bond acceptors (Lipinski definition) is 4. The Labute approximate surface area is 171 Å². The van der Waals surface area contributed by atoms with Crippen molar-refractivity contribution in [2.45, 2.75) is 0 Å². The largest absolute Gasteiger partial charge is 0.368 e. The van der Waals surface area contributed by atoms with Gasteiger partial charge in [-0.3, -0.25) is 0 Å². The first-order valence-corrected chi connectivity index (χ1v) is 9.72. The molecule has 0 saturated heterocycles. The van der Waals surface area contributed by atoms with Crippen molar-refractivity contribution in [1.82, 2.24) is 9.97 Å². The minimum atomic E-state index is 0.456. The number of halogens is 1. The van der Waals surface area contributed by atoms with Gasteiger partial charge in [0.1, 0.15) is 17.5 Å². The Morgan fingerprint density at radius 2 is 1.89 bits per heavy atom. The number of aromatic nitrogens is 2. The Morgan fingerprint density at radius 3 is 2.64 bits per heavy atom. The predicted molar refractivity (Wildman–Crippen MR) is 117 cm³/mol. The molecule has 2 aromatic carbocycles. The number of nitrogens with two attached hydrogens (primary N) is 1. The maximum atomic E-state index is 9.83. The number of H-pyrrole nitrogens is 1. The maximum Gasteiger partial charge on any atom is 0.145 e. The van der Waals surface area contributed by atoms with Gasteiger partial charge in [-0.15, -0.1) is 0 Å². The van der Waals surface area contributed by atoms with E-state index < -0.39 is 0 Å². The fourth-order valence-corrected chi connectivity index (χ4v) is 3.52. The Balaban J connectivity index is 1.95. The SMILES string of the molecule is N#Cc1c(-c2ccc(Br)cc2)cc(-c2c[nH]c3ccccc23)nc1NCCN. The van der Waals surface area contributed by atoms with Crippen molar-refractivity contribution >= 4 is 32.7 Å². The van der Waals surface area contributed by atoms with Crippen molar-refractivity contribution in [2.24, 2.45) is 5.73 Å². The molecule has 0 aliphatic rings. The summed E-state index contributed by atoms with van der Waals surface area (Å²) in [6.45, 7) is 0.996. The molecule has 0 saturated carbocycles. The number of nitrogens with zero attached hydrogens (tertiary/aromatic N) is 2. The highest BCUT2D eigenvalue weighted by Crippen LogP contribution is 2.35. The summed E-state index contributed by atoms with van der Waals surface area (Å²) in [6, 6.07) is 20.3. The molecule has 6 heteroatoms. The summed E-state index contributed by atoms with van der Waals surface area (Å²) >= 11 is 3.47. The summed E-state index contributed by atoms with van der Waals surface area (Å²) in [6.07, 6.45) is 1.96. The molecule has 4 aromatic rings. The molecule has 0 bridgehead atoms. The van der Waals surface area contributed by atoms with Gasteiger partial charge in [0.15, 0.2) is 0 Å². The highest BCUT2D eigenvalue weighted by molar-refractivity contribution is 9.10. The maximum absolute atomic E-state index is 9.83. The van der Waals surface area contributed by atoms with Gasteiger partial charge in [0.2, 0.25) is 0 Å². The van der Waals surface area contributed by atoms with Crippen LogP contribution in [0.15, 0.2) is 65.3 Å². The summed E-state index contributed by atoms with van der Waals surface area (Å²) < 4.78 is 0.988. The third-order valence-corrected chi connectivity index (χ3v) is 5.12. The number of fused-ring (bicyclic) bond motifs is 1. The minimum Gasteiger partial charge on any atom is -0.368 e. The molecule has 0 fully saturated rings. The molecule has 5 nitrogen and oxygen atoms in total. The highest BCUT2D eigenvalue weighted by atomic mass is 79.9. The van der Waals surface area contributed by atoms with Crippen LogP contribution in [-0.2, 0) is 0 Å². The van der Waals surface area contributed by atoms with E-state index in [0.29, 0.717) is 24.5 Å². The van der Waals surface area contributed by atoms with Gasteiger partial charge in [-0.1, -0.05) is 46.3 Å². The average molecular weight is 432 g/mol. The first-order valence-electron chi connectivity index (χ1n) is 8.93. The lowest BCUT2D eigenvalue weighted by molar-refractivity contribution is 1.01. The van der Waals surface area contributed by atoms with Crippen LogP contribution in [0.25, 0.3) is 33.3 Å². The number of anilines is 1. The normalized spacial score (nSPS) is 10.8. The molecule has 2 heterocycles. The van der Waals surface area contributed by atoms with Crippen molar-refractivity contribution in [2.75, 3.05) is 18.4 Å². The van der Waals surface area contributed by atoms with E-state index in [9.17, 15) is 5.26 Å². The van der Waals surface area contributed by atoms with Crippen LogP contribution in [0.1, 0.15) is 5.56 Å². The molecule has 4 N–H and O–H groups in total. The average Bonchev–Trinajstić information content (AvgIpc) is 3.16. The van der Waals surface area contributed by atoms with E-state index in [1.807, 2.05) is 54.7 Å². The quantitative estimate of drug-likeness (QED) is 0.418. The van der Waals surface area contributed by atoms with Gasteiger partial charge in [-0.25, -0.2) is 4.98 Å². The number of pyridine rings is 1. The Morgan fingerprint density at radius 1 is 1.11 bits per heavy atom. The van der Waals surface area contributed by atoms with Gasteiger partial charge in [0, 0.05) is 45.8 Å². The Kier molecular flexibility index (Phi) is 5.11. The standard InChI is InChI=1S/C22H18BrN5/c23-15-7-5-14(6-8-15)17-11-21(28-22(18(17)12-25)26-10-9-24)19-13-27-20-4-2-1-3-16(19)20/h1-8,11,13,27H,9-10,24H2,(H,26,28). The molecule has 4 rings (SSSR count). The van der Waals surface area contributed by atoms with E-state index >= 15 is 0 Å². The molecular weight excluding hydrogens is 414 g/mol. The monoisotopic (exact) mass is 431 g/mol. The third-order valence-electron chi connectivity index (χ3n) is 4.59. The van der Waals surface area contributed by atoms with E-state index in [0.717, 1.165) is 37.8 Å². The van der Waals surface area contributed by atoms with E-state index in [-0.39, 0.29) is 0 Å². The van der Waals surface area contributed by atoms with Crippen LogP contribution in [0.4, 0.5) is 5.82 Å². The number of rotatable bonds is 5. The second kappa shape index (κ2) is 7.85.